The number of hydrogen-bond acceptors (Lipinski definition) is 3. The number of aryl methyl sites for hydroxylation is 1. The van der Waals surface area contributed by atoms with Crippen LogP contribution in [0.1, 0.15) is 24.5 Å². The quantitative estimate of drug-likeness (QED) is 0.732. The SMILES string of the molecule is Cc1cncc(C2(O)CCOC2C)c1. The highest BCUT2D eigenvalue weighted by Gasteiger charge is 2.41. The Hall–Kier alpha value is -0.930. The highest BCUT2D eigenvalue weighted by atomic mass is 16.5. The van der Waals surface area contributed by atoms with E-state index in [1.165, 1.54) is 0 Å². The summed E-state index contributed by atoms with van der Waals surface area (Å²) in [6.07, 6.45) is 4.01. The van der Waals surface area contributed by atoms with Gasteiger partial charge in [-0.05, 0) is 19.4 Å². The van der Waals surface area contributed by atoms with Crippen LogP contribution >= 0.6 is 0 Å². The second kappa shape index (κ2) is 3.33. The molecule has 3 heteroatoms. The topological polar surface area (TPSA) is 42.4 Å². The zero-order chi connectivity index (χ0) is 10.2. The molecular weight excluding hydrogens is 178 g/mol. The molecule has 1 fully saturated rings. The van der Waals surface area contributed by atoms with E-state index in [2.05, 4.69) is 4.98 Å². The van der Waals surface area contributed by atoms with Crippen molar-refractivity contribution in [1.82, 2.24) is 4.98 Å². The van der Waals surface area contributed by atoms with Gasteiger partial charge in [0.1, 0.15) is 5.60 Å². The van der Waals surface area contributed by atoms with Crippen LogP contribution in [0.3, 0.4) is 0 Å². The highest BCUT2D eigenvalue weighted by Crippen LogP contribution is 2.35. The van der Waals surface area contributed by atoms with Crippen LogP contribution in [-0.2, 0) is 10.3 Å². The Morgan fingerprint density at radius 1 is 1.57 bits per heavy atom. The van der Waals surface area contributed by atoms with Gasteiger partial charge in [0.05, 0.1) is 12.7 Å². The summed E-state index contributed by atoms with van der Waals surface area (Å²) in [6, 6.07) is 1.97. The summed E-state index contributed by atoms with van der Waals surface area (Å²) in [7, 11) is 0. The van der Waals surface area contributed by atoms with Crippen LogP contribution in [0.2, 0.25) is 0 Å². The molecule has 2 unspecified atom stereocenters. The van der Waals surface area contributed by atoms with E-state index < -0.39 is 5.60 Å². The third-order valence-electron chi connectivity index (χ3n) is 2.90. The molecule has 76 valence electrons. The van der Waals surface area contributed by atoms with E-state index in [-0.39, 0.29) is 6.10 Å². The molecule has 1 saturated heterocycles. The fraction of sp³-hybridized carbons (Fsp3) is 0.545. The van der Waals surface area contributed by atoms with Gasteiger partial charge in [-0.25, -0.2) is 0 Å². The summed E-state index contributed by atoms with van der Waals surface area (Å²) in [5, 5.41) is 10.4. The third-order valence-corrected chi connectivity index (χ3v) is 2.90. The monoisotopic (exact) mass is 193 g/mol. The van der Waals surface area contributed by atoms with Crippen LogP contribution in [0.5, 0.6) is 0 Å². The van der Waals surface area contributed by atoms with Crippen molar-refractivity contribution in [3.05, 3.63) is 29.6 Å². The lowest BCUT2D eigenvalue weighted by atomic mass is 9.88. The molecule has 0 aromatic carbocycles. The van der Waals surface area contributed by atoms with Crippen LogP contribution in [0.25, 0.3) is 0 Å². The average molecular weight is 193 g/mol. The molecule has 1 aromatic heterocycles. The van der Waals surface area contributed by atoms with Gasteiger partial charge in [0.25, 0.3) is 0 Å². The first-order valence-electron chi connectivity index (χ1n) is 4.89. The van der Waals surface area contributed by atoms with Gasteiger partial charge >= 0.3 is 0 Å². The van der Waals surface area contributed by atoms with E-state index >= 15 is 0 Å². The average Bonchev–Trinajstić information content (AvgIpc) is 2.49. The number of nitrogens with zero attached hydrogens (tertiary/aromatic N) is 1. The summed E-state index contributed by atoms with van der Waals surface area (Å²) in [5.41, 5.74) is 1.08. The minimum atomic E-state index is -0.848. The van der Waals surface area contributed by atoms with Crippen molar-refractivity contribution in [2.45, 2.75) is 32.0 Å². The molecule has 0 saturated carbocycles. The Kier molecular flexibility index (Phi) is 2.29. The van der Waals surface area contributed by atoms with E-state index in [9.17, 15) is 5.11 Å². The van der Waals surface area contributed by atoms with Crippen molar-refractivity contribution >= 4 is 0 Å². The maximum absolute atomic E-state index is 10.4. The van der Waals surface area contributed by atoms with Gasteiger partial charge < -0.3 is 9.84 Å². The molecule has 0 spiro atoms. The van der Waals surface area contributed by atoms with Crippen LogP contribution in [0, 0.1) is 6.92 Å². The maximum Gasteiger partial charge on any atom is 0.119 e. The molecule has 0 aliphatic carbocycles. The van der Waals surface area contributed by atoms with Crippen LogP contribution in [-0.4, -0.2) is 22.8 Å². The molecule has 1 aromatic rings. The first-order chi connectivity index (χ1) is 6.63. The molecule has 0 radical (unpaired) electrons. The van der Waals surface area contributed by atoms with Crippen molar-refractivity contribution in [3.8, 4) is 0 Å². The van der Waals surface area contributed by atoms with Gasteiger partial charge in [-0.2, -0.15) is 0 Å². The number of ether oxygens (including phenoxy) is 1. The van der Waals surface area contributed by atoms with Crippen molar-refractivity contribution < 1.29 is 9.84 Å². The van der Waals surface area contributed by atoms with E-state index in [0.717, 1.165) is 11.1 Å². The zero-order valence-electron chi connectivity index (χ0n) is 8.53. The Bertz CT molecular complexity index is 340. The molecular formula is C11H15NO2. The fourth-order valence-corrected chi connectivity index (χ4v) is 1.90. The number of pyridine rings is 1. The molecule has 14 heavy (non-hydrogen) atoms. The van der Waals surface area contributed by atoms with E-state index in [1.807, 2.05) is 19.9 Å². The normalized spacial score (nSPS) is 32.1. The summed E-state index contributed by atoms with van der Waals surface area (Å²) >= 11 is 0. The second-order valence-electron chi connectivity index (χ2n) is 3.94. The molecule has 0 bridgehead atoms. The van der Waals surface area contributed by atoms with Gasteiger partial charge in [-0.3, -0.25) is 4.98 Å². The summed E-state index contributed by atoms with van der Waals surface area (Å²) < 4.78 is 5.38. The fourth-order valence-electron chi connectivity index (χ4n) is 1.90. The Morgan fingerprint density at radius 2 is 2.36 bits per heavy atom. The van der Waals surface area contributed by atoms with Crippen LogP contribution < -0.4 is 0 Å². The molecule has 3 nitrogen and oxygen atoms in total. The predicted molar refractivity (Wildman–Crippen MR) is 52.9 cm³/mol. The zero-order valence-corrected chi connectivity index (χ0v) is 8.53. The molecule has 0 amide bonds. The smallest absolute Gasteiger partial charge is 0.119 e. The van der Waals surface area contributed by atoms with Gasteiger partial charge in [0.15, 0.2) is 0 Å². The van der Waals surface area contributed by atoms with Gasteiger partial charge in [-0.15, -0.1) is 0 Å². The van der Waals surface area contributed by atoms with Crippen molar-refractivity contribution in [1.29, 1.82) is 0 Å². The highest BCUT2D eigenvalue weighted by molar-refractivity contribution is 5.25. The summed E-state index contributed by atoms with van der Waals surface area (Å²) in [4.78, 5) is 4.09. The van der Waals surface area contributed by atoms with Crippen molar-refractivity contribution in [2.24, 2.45) is 0 Å². The minimum absolute atomic E-state index is 0.147. The lowest BCUT2D eigenvalue weighted by Crippen LogP contribution is -2.33. The molecule has 1 N–H and O–H groups in total. The number of aliphatic hydroxyl groups is 1. The van der Waals surface area contributed by atoms with E-state index in [0.29, 0.717) is 13.0 Å². The minimum Gasteiger partial charge on any atom is -0.382 e. The van der Waals surface area contributed by atoms with E-state index in [4.69, 9.17) is 4.74 Å². The van der Waals surface area contributed by atoms with Crippen molar-refractivity contribution in [3.63, 3.8) is 0 Å². The maximum atomic E-state index is 10.4. The first-order valence-corrected chi connectivity index (χ1v) is 4.89. The van der Waals surface area contributed by atoms with Gasteiger partial charge in [0, 0.05) is 24.4 Å². The largest absolute Gasteiger partial charge is 0.382 e. The molecule has 2 rings (SSSR count). The summed E-state index contributed by atoms with van der Waals surface area (Å²) in [6.45, 7) is 4.49. The molecule has 2 atom stereocenters. The lowest BCUT2D eigenvalue weighted by Gasteiger charge is -2.26. The molecule has 1 aliphatic heterocycles. The Morgan fingerprint density at radius 3 is 2.93 bits per heavy atom. The standard InChI is InChI=1S/C11H15NO2/c1-8-5-10(7-12-6-8)11(13)3-4-14-9(11)2/h5-7,9,13H,3-4H2,1-2H3. The lowest BCUT2D eigenvalue weighted by molar-refractivity contribution is -0.0319. The molecule has 2 heterocycles. The van der Waals surface area contributed by atoms with Gasteiger partial charge in [-0.1, -0.05) is 6.07 Å². The Balaban J connectivity index is 2.38. The van der Waals surface area contributed by atoms with E-state index in [1.54, 1.807) is 12.4 Å². The van der Waals surface area contributed by atoms with Crippen LogP contribution in [0.15, 0.2) is 18.5 Å². The Labute approximate surface area is 83.7 Å². The van der Waals surface area contributed by atoms with Crippen LogP contribution in [0.4, 0.5) is 0 Å². The first kappa shape index (κ1) is 9.62. The number of hydrogen-bond donors (Lipinski definition) is 1. The predicted octanol–water partition coefficient (Wildman–Crippen LogP) is 1.39. The summed E-state index contributed by atoms with van der Waals surface area (Å²) in [5.74, 6) is 0. The second-order valence-corrected chi connectivity index (χ2v) is 3.94. The van der Waals surface area contributed by atoms with Gasteiger partial charge in [0.2, 0.25) is 0 Å². The molecule has 1 aliphatic rings. The third kappa shape index (κ3) is 1.42. The van der Waals surface area contributed by atoms with Crippen molar-refractivity contribution in [2.75, 3.05) is 6.61 Å². The number of rotatable bonds is 1. The number of aromatic nitrogens is 1.